The number of carbonyl (C=O) groups excluding carboxylic acids is 1. The third kappa shape index (κ3) is 3.98. The van der Waals surface area contributed by atoms with Crippen LogP contribution in [0.1, 0.15) is 18.4 Å². The zero-order valence-corrected chi connectivity index (χ0v) is 17.0. The lowest BCUT2D eigenvalue weighted by Crippen LogP contribution is -2.43. The molecule has 2 aromatic rings. The van der Waals surface area contributed by atoms with Crippen molar-refractivity contribution in [2.75, 3.05) is 26.1 Å². The number of ether oxygens (including phenoxy) is 2. The predicted octanol–water partition coefficient (Wildman–Crippen LogP) is 2.80. The van der Waals surface area contributed by atoms with Crippen LogP contribution in [0.5, 0.6) is 11.5 Å². The highest BCUT2D eigenvalue weighted by atomic mass is 32.2. The number of nitrogens with zero attached hydrogens (tertiary/aromatic N) is 1. The normalized spacial score (nSPS) is 17.3. The first kappa shape index (κ1) is 20.2. The molecule has 0 radical (unpaired) electrons. The first-order chi connectivity index (χ1) is 13.4. The smallest absolute Gasteiger partial charge is 0.243 e. The van der Waals surface area contributed by atoms with E-state index in [4.69, 9.17) is 9.47 Å². The summed E-state index contributed by atoms with van der Waals surface area (Å²) in [5.74, 6) is 0.437. The number of benzene rings is 2. The van der Waals surface area contributed by atoms with Gasteiger partial charge in [0.1, 0.15) is 6.04 Å². The average Bonchev–Trinajstić information content (AvgIpc) is 3.18. The number of amides is 1. The standard InChI is InChI=1S/C20H24N2O5S/c1-14-6-4-7-15(12-14)21-20(23)17-8-5-11-22(17)28(24,25)16-9-10-18(26-2)19(13-16)27-3/h4,6-7,9-10,12-13,17H,5,8,11H2,1-3H3,(H,21,23)/t17-/m1/s1. The number of aryl methyl sites for hydroxylation is 1. The molecule has 1 atom stereocenters. The number of carbonyl (C=O) groups is 1. The van der Waals surface area contributed by atoms with E-state index in [2.05, 4.69) is 5.32 Å². The second-order valence-corrected chi connectivity index (χ2v) is 8.54. The zero-order chi connectivity index (χ0) is 20.3. The van der Waals surface area contributed by atoms with Crippen molar-refractivity contribution in [3.63, 3.8) is 0 Å². The van der Waals surface area contributed by atoms with Gasteiger partial charge in [0.15, 0.2) is 11.5 Å². The van der Waals surface area contributed by atoms with Gasteiger partial charge in [-0.25, -0.2) is 8.42 Å². The van der Waals surface area contributed by atoms with Crippen LogP contribution in [0.3, 0.4) is 0 Å². The molecule has 1 aliphatic heterocycles. The van der Waals surface area contributed by atoms with Crippen LogP contribution in [0.25, 0.3) is 0 Å². The number of hydrogen-bond acceptors (Lipinski definition) is 5. The molecule has 28 heavy (non-hydrogen) atoms. The largest absolute Gasteiger partial charge is 0.493 e. The summed E-state index contributed by atoms with van der Waals surface area (Å²) in [6.45, 7) is 2.22. The molecule has 1 N–H and O–H groups in total. The number of methoxy groups -OCH3 is 2. The topological polar surface area (TPSA) is 84.9 Å². The van der Waals surface area contributed by atoms with E-state index in [9.17, 15) is 13.2 Å². The third-order valence-corrected chi connectivity index (χ3v) is 6.66. The monoisotopic (exact) mass is 404 g/mol. The second-order valence-electron chi connectivity index (χ2n) is 6.65. The lowest BCUT2D eigenvalue weighted by Gasteiger charge is -2.24. The van der Waals surface area contributed by atoms with Gasteiger partial charge in [0.05, 0.1) is 19.1 Å². The SMILES string of the molecule is COc1ccc(S(=O)(=O)N2CCC[C@@H]2C(=O)Nc2cccc(C)c2)cc1OC. The zero-order valence-electron chi connectivity index (χ0n) is 16.1. The molecule has 150 valence electrons. The van der Waals surface area contributed by atoms with Gasteiger partial charge in [0, 0.05) is 18.3 Å². The maximum absolute atomic E-state index is 13.2. The molecule has 1 heterocycles. The first-order valence-electron chi connectivity index (χ1n) is 8.98. The van der Waals surface area contributed by atoms with Gasteiger partial charge >= 0.3 is 0 Å². The van der Waals surface area contributed by atoms with E-state index in [0.717, 1.165) is 5.56 Å². The van der Waals surface area contributed by atoms with Crippen molar-refractivity contribution in [2.24, 2.45) is 0 Å². The second kappa shape index (κ2) is 8.20. The maximum Gasteiger partial charge on any atom is 0.243 e. The minimum absolute atomic E-state index is 0.0698. The van der Waals surface area contributed by atoms with E-state index >= 15 is 0 Å². The number of sulfonamides is 1. The molecule has 1 amide bonds. The molecule has 0 unspecified atom stereocenters. The van der Waals surface area contributed by atoms with Gasteiger partial charge in [0.2, 0.25) is 15.9 Å². The van der Waals surface area contributed by atoms with E-state index in [1.807, 2.05) is 25.1 Å². The predicted molar refractivity (Wildman–Crippen MR) is 106 cm³/mol. The third-order valence-electron chi connectivity index (χ3n) is 4.75. The Kier molecular flexibility index (Phi) is 5.90. The highest BCUT2D eigenvalue weighted by Gasteiger charge is 2.39. The van der Waals surface area contributed by atoms with Gasteiger partial charge in [-0.15, -0.1) is 0 Å². The summed E-state index contributed by atoms with van der Waals surface area (Å²) in [6.07, 6.45) is 1.10. The van der Waals surface area contributed by atoms with E-state index in [1.54, 1.807) is 12.1 Å². The van der Waals surface area contributed by atoms with Crippen LogP contribution >= 0.6 is 0 Å². The van der Waals surface area contributed by atoms with Gasteiger partial charge in [-0.05, 0) is 49.6 Å². The van der Waals surface area contributed by atoms with Crippen LogP contribution in [0.2, 0.25) is 0 Å². The molecule has 2 aromatic carbocycles. The van der Waals surface area contributed by atoms with Crippen molar-refractivity contribution in [1.82, 2.24) is 4.31 Å². The summed E-state index contributed by atoms with van der Waals surface area (Å²) in [4.78, 5) is 12.8. The molecule has 0 aliphatic carbocycles. The number of hydrogen-bond donors (Lipinski definition) is 1. The fraction of sp³-hybridized carbons (Fsp3) is 0.350. The Morgan fingerprint density at radius 3 is 2.54 bits per heavy atom. The minimum atomic E-state index is -3.85. The minimum Gasteiger partial charge on any atom is -0.493 e. The fourth-order valence-electron chi connectivity index (χ4n) is 3.35. The molecule has 8 heteroatoms. The van der Waals surface area contributed by atoms with Crippen molar-refractivity contribution < 1.29 is 22.7 Å². The molecule has 0 saturated carbocycles. The van der Waals surface area contributed by atoms with Crippen molar-refractivity contribution in [3.05, 3.63) is 48.0 Å². The van der Waals surface area contributed by atoms with Crippen molar-refractivity contribution in [3.8, 4) is 11.5 Å². The number of rotatable bonds is 6. The summed E-state index contributed by atoms with van der Waals surface area (Å²) in [5.41, 5.74) is 1.67. The molecule has 0 spiro atoms. The quantitative estimate of drug-likeness (QED) is 0.800. The number of anilines is 1. The summed E-state index contributed by atoms with van der Waals surface area (Å²) < 4.78 is 38.0. The molecule has 3 rings (SSSR count). The van der Waals surface area contributed by atoms with Gasteiger partial charge in [0.25, 0.3) is 0 Å². The van der Waals surface area contributed by atoms with E-state index in [0.29, 0.717) is 36.6 Å². The highest BCUT2D eigenvalue weighted by Crippen LogP contribution is 2.33. The Morgan fingerprint density at radius 2 is 1.86 bits per heavy atom. The maximum atomic E-state index is 13.2. The van der Waals surface area contributed by atoms with Crippen LogP contribution in [0.15, 0.2) is 47.4 Å². The van der Waals surface area contributed by atoms with Crippen molar-refractivity contribution in [2.45, 2.75) is 30.7 Å². The lowest BCUT2D eigenvalue weighted by atomic mass is 10.2. The van der Waals surface area contributed by atoms with E-state index < -0.39 is 16.1 Å². The summed E-state index contributed by atoms with van der Waals surface area (Å²) in [5, 5.41) is 2.83. The van der Waals surface area contributed by atoms with Gasteiger partial charge in [-0.1, -0.05) is 12.1 Å². The summed E-state index contributed by atoms with van der Waals surface area (Å²) in [7, 11) is -0.923. The van der Waals surface area contributed by atoms with Crippen LogP contribution in [0.4, 0.5) is 5.69 Å². The molecule has 0 bridgehead atoms. The number of nitrogens with one attached hydrogen (secondary N) is 1. The first-order valence-corrected chi connectivity index (χ1v) is 10.4. The molecule has 1 aliphatic rings. The molecule has 1 fully saturated rings. The Labute approximate surface area is 165 Å². The van der Waals surface area contributed by atoms with Crippen LogP contribution in [-0.4, -0.2) is 45.4 Å². The van der Waals surface area contributed by atoms with Crippen LogP contribution in [0, 0.1) is 6.92 Å². The van der Waals surface area contributed by atoms with Crippen molar-refractivity contribution >= 4 is 21.6 Å². The van der Waals surface area contributed by atoms with Crippen molar-refractivity contribution in [1.29, 1.82) is 0 Å². The highest BCUT2D eigenvalue weighted by molar-refractivity contribution is 7.89. The summed E-state index contributed by atoms with van der Waals surface area (Å²) >= 11 is 0. The molecule has 7 nitrogen and oxygen atoms in total. The average molecular weight is 404 g/mol. The Hall–Kier alpha value is -2.58. The van der Waals surface area contributed by atoms with E-state index in [1.165, 1.54) is 30.7 Å². The van der Waals surface area contributed by atoms with E-state index in [-0.39, 0.29) is 10.8 Å². The van der Waals surface area contributed by atoms with Crippen LogP contribution in [-0.2, 0) is 14.8 Å². The molecular formula is C20H24N2O5S. The molecular weight excluding hydrogens is 380 g/mol. The van der Waals surface area contributed by atoms with Gasteiger partial charge < -0.3 is 14.8 Å². The lowest BCUT2D eigenvalue weighted by molar-refractivity contribution is -0.119. The molecule has 1 saturated heterocycles. The fourth-order valence-corrected chi connectivity index (χ4v) is 5.02. The van der Waals surface area contributed by atoms with Gasteiger partial charge in [-0.2, -0.15) is 4.31 Å². The Morgan fingerprint density at radius 1 is 1.11 bits per heavy atom. The molecule has 0 aromatic heterocycles. The van der Waals surface area contributed by atoms with Gasteiger partial charge in [-0.3, -0.25) is 4.79 Å². The Balaban J connectivity index is 1.85. The van der Waals surface area contributed by atoms with Crippen LogP contribution < -0.4 is 14.8 Å². The summed E-state index contributed by atoms with van der Waals surface area (Å²) in [6, 6.07) is 11.1. The Bertz CT molecular complexity index is 974.